The number of anilines is 1. The fraction of sp³-hybridized carbons (Fsp3) is 0.200. The van der Waals surface area contributed by atoms with Crippen molar-refractivity contribution in [2.45, 2.75) is 6.92 Å². The molecule has 16 heavy (non-hydrogen) atoms. The van der Waals surface area contributed by atoms with Crippen molar-refractivity contribution >= 4 is 21.7 Å². The fourth-order valence-electron chi connectivity index (χ4n) is 1.43. The first-order valence-corrected chi connectivity index (χ1v) is 5.53. The molecule has 5 nitrogen and oxygen atoms in total. The second kappa shape index (κ2) is 4.13. The SMILES string of the molecule is Cc1nc(N2C=CC=CC2)c(Br)c(=N)n1O. The number of nitrogens with zero attached hydrogens (tertiary/aromatic N) is 3. The van der Waals surface area contributed by atoms with Gasteiger partial charge in [-0.2, -0.15) is 4.73 Å². The smallest absolute Gasteiger partial charge is 0.180 e. The van der Waals surface area contributed by atoms with Gasteiger partial charge >= 0.3 is 0 Å². The van der Waals surface area contributed by atoms with Gasteiger partial charge in [-0.05, 0) is 28.9 Å². The van der Waals surface area contributed by atoms with E-state index in [4.69, 9.17) is 5.41 Å². The molecule has 0 bridgehead atoms. The van der Waals surface area contributed by atoms with Gasteiger partial charge < -0.3 is 10.1 Å². The summed E-state index contributed by atoms with van der Waals surface area (Å²) in [5.41, 5.74) is -0.00884. The highest BCUT2D eigenvalue weighted by Gasteiger charge is 2.14. The van der Waals surface area contributed by atoms with Crippen LogP contribution in [0.15, 0.2) is 28.9 Å². The summed E-state index contributed by atoms with van der Waals surface area (Å²) in [6.45, 7) is 2.36. The average Bonchev–Trinajstić information content (AvgIpc) is 2.32. The maximum Gasteiger partial charge on any atom is 0.180 e. The minimum absolute atomic E-state index is 0.00884. The van der Waals surface area contributed by atoms with Crippen molar-refractivity contribution in [2.75, 3.05) is 11.4 Å². The van der Waals surface area contributed by atoms with Crippen LogP contribution in [0.3, 0.4) is 0 Å². The molecule has 2 N–H and O–H groups in total. The van der Waals surface area contributed by atoms with Crippen molar-refractivity contribution < 1.29 is 5.21 Å². The van der Waals surface area contributed by atoms with Gasteiger partial charge in [-0.25, -0.2) is 4.98 Å². The number of nitrogens with one attached hydrogen (secondary N) is 1. The quantitative estimate of drug-likeness (QED) is 0.769. The highest BCUT2D eigenvalue weighted by atomic mass is 79.9. The Morgan fingerprint density at radius 2 is 2.25 bits per heavy atom. The molecule has 1 aromatic heterocycles. The molecule has 2 heterocycles. The van der Waals surface area contributed by atoms with Gasteiger partial charge in [0.15, 0.2) is 11.3 Å². The van der Waals surface area contributed by atoms with Crippen LogP contribution >= 0.6 is 15.9 Å². The molecule has 1 aliphatic heterocycles. The van der Waals surface area contributed by atoms with Crippen LogP contribution in [0.4, 0.5) is 5.82 Å². The van der Waals surface area contributed by atoms with Gasteiger partial charge in [-0.15, -0.1) is 0 Å². The van der Waals surface area contributed by atoms with Gasteiger partial charge in [0.1, 0.15) is 10.3 Å². The van der Waals surface area contributed by atoms with E-state index in [-0.39, 0.29) is 5.49 Å². The molecule has 2 rings (SSSR count). The van der Waals surface area contributed by atoms with Crippen molar-refractivity contribution in [3.8, 4) is 0 Å². The lowest BCUT2D eigenvalue weighted by atomic mass is 10.3. The lowest BCUT2D eigenvalue weighted by molar-refractivity contribution is 0.158. The van der Waals surface area contributed by atoms with E-state index in [1.165, 1.54) is 0 Å². The van der Waals surface area contributed by atoms with Gasteiger partial charge in [0, 0.05) is 12.7 Å². The van der Waals surface area contributed by atoms with E-state index in [9.17, 15) is 5.21 Å². The van der Waals surface area contributed by atoms with Crippen LogP contribution in [0.25, 0.3) is 0 Å². The zero-order valence-corrected chi connectivity index (χ0v) is 10.3. The van der Waals surface area contributed by atoms with Crippen LogP contribution in [0.2, 0.25) is 0 Å². The summed E-state index contributed by atoms with van der Waals surface area (Å²) in [6.07, 6.45) is 7.73. The van der Waals surface area contributed by atoms with Crippen LogP contribution in [-0.4, -0.2) is 21.5 Å². The molecule has 0 fully saturated rings. The summed E-state index contributed by atoms with van der Waals surface area (Å²) in [4.78, 5) is 6.14. The maximum absolute atomic E-state index is 9.50. The first-order chi connectivity index (χ1) is 7.61. The standard InChI is InChI=1S/C10H11BrN4O/c1-7-13-10(8(11)9(12)15(7)16)14-5-3-2-4-6-14/h2-5,12,16H,6H2,1H3. The number of hydrogen-bond donors (Lipinski definition) is 2. The molecule has 1 aliphatic rings. The van der Waals surface area contributed by atoms with E-state index in [2.05, 4.69) is 20.9 Å². The minimum Gasteiger partial charge on any atom is -0.425 e. The van der Waals surface area contributed by atoms with Crippen LogP contribution in [0.5, 0.6) is 0 Å². The molecule has 0 unspecified atom stereocenters. The Morgan fingerprint density at radius 3 is 2.88 bits per heavy atom. The van der Waals surface area contributed by atoms with E-state index < -0.39 is 0 Å². The van der Waals surface area contributed by atoms with Crippen LogP contribution < -0.4 is 10.4 Å². The van der Waals surface area contributed by atoms with Gasteiger partial charge in [0.2, 0.25) is 0 Å². The topological polar surface area (TPSA) is 65.1 Å². The highest BCUT2D eigenvalue weighted by Crippen LogP contribution is 2.21. The lowest BCUT2D eigenvalue weighted by Crippen LogP contribution is -2.28. The van der Waals surface area contributed by atoms with E-state index in [0.29, 0.717) is 22.7 Å². The molecular formula is C10H11BrN4O. The fourth-order valence-corrected chi connectivity index (χ4v) is 1.91. The molecule has 6 heteroatoms. The third-order valence-corrected chi connectivity index (χ3v) is 3.01. The first kappa shape index (κ1) is 10.9. The summed E-state index contributed by atoms with van der Waals surface area (Å²) in [5.74, 6) is 1.01. The second-order valence-electron chi connectivity index (χ2n) is 3.38. The Kier molecular flexibility index (Phi) is 2.82. The molecule has 84 valence electrons. The third kappa shape index (κ3) is 1.76. The molecular weight excluding hydrogens is 272 g/mol. The van der Waals surface area contributed by atoms with Gasteiger partial charge in [-0.1, -0.05) is 12.2 Å². The van der Waals surface area contributed by atoms with Crippen molar-refractivity contribution in [3.63, 3.8) is 0 Å². The summed E-state index contributed by atoms with van der Waals surface area (Å²) in [6, 6.07) is 0. The average molecular weight is 283 g/mol. The van der Waals surface area contributed by atoms with Crippen LogP contribution in [0, 0.1) is 12.3 Å². The Labute approximate surface area is 101 Å². The normalized spacial score (nSPS) is 14.5. The molecule has 0 amide bonds. The second-order valence-corrected chi connectivity index (χ2v) is 4.17. The number of aryl methyl sites for hydroxylation is 1. The zero-order valence-electron chi connectivity index (χ0n) is 8.68. The van der Waals surface area contributed by atoms with Crippen molar-refractivity contribution in [3.05, 3.63) is 40.2 Å². The number of hydrogen-bond acceptors (Lipinski definition) is 4. The molecule has 0 aliphatic carbocycles. The predicted molar refractivity (Wildman–Crippen MR) is 63.3 cm³/mol. The summed E-state index contributed by atoms with van der Waals surface area (Å²) < 4.78 is 1.22. The Morgan fingerprint density at radius 1 is 1.50 bits per heavy atom. The van der Waals surface area contributed by atoms with Crippen molar-refractivity contribution in [1.29, 1.82) is 5.41 Å². The zero-order chi connectivity index (χ0) is 11.7. The lowest BCUT2D eigenvalue weighted by Gasteiger charge is -2.21. The maximum atomic E-state index is 9.50. The molecule has 0 saturated heterocycles. The van der Waals surface area contributed by atoms with Gasteiger partial charge in [0.05, 0.1) is 0 Å². The molecule has 0 radical (unpaired) electrons. The van der Waals surface area contributed by atoms with Crippen LogP contribution in [0.1, 0.15) is 5.82 Å². The molecule has 1 aromatic rings. The third-order valence-electron chi connectivity index (χ3n) is 2.28. The van der Waals surface area contributed by atoms with Crippen LogP contribution in [-0.2, 0) is 0 Å². The Bertz CT molecular complexity index is 532. The molecule has 0 atom stereocenters. The highest BCUT2D eigenvalue weighted by molar-refractivity contribution is 9.10. The van der Waals surface area contributed by atoms with Crippen molar-refractivity contribution in [2.24, 2.45) is 0 Å². The van der Waals surface area contributed by atoms with Gasteiger partial charge in [0.25, 0.3) is 0 Å². The molecule has 0 saturated carbocycles. The van der Waals surface area contributed by atoms with Crippen molar-refractivity contribution in [1.82, 2.24) is 9.71 Å². The Balaban J connectivity index is 2.54. The minimum atomic E-state index is -0.00884. The number of halogens is 1. The molecule has 0 spiro atoms. The summed E-state index contributed by atoms with van der Waals surface area (Å²) >= 11 is 3.27. The van der Waals surface area contributed by atoms with E-state index >= 15 is 0 Å². The number of rotatable bonds is 1. The van der Waals surface area contributed by atoms with E-state index in [1.54, 1.807) is 6.92 Å². The van der Waals surface area contributed by atoms with E-state index in [1.807, 2.05) is 29.3 Å². The largest absolute Gasteiger partial charge is 0.425 e. The number of aromatic nitrogens is 2. The van der Waals surface area contributed by atoms with E-state index in [0.717, 1.165) is 4.73 Å². The van der Waals surface area contributed by atoms with Gasteiger partial charge in [-0.3, -0.25) is 5.41 Å². The molecule has 0 aromatic carbocycles. The first-order valence-electron chi connectivity index (χ1n) is 4.74. The Hall–Kier alpha value is -1.56. The number of allylic oxidation sites excluding steroid dienone is 2. The summed E-state index contributed by atoms with van der Waals surface area (Å²) in [7, 11) is 0. The predicted octanol–water partition coefficient (Wildman–Crippen LogP) is 1.56. The monoisotopic (exact) mass is 282 g/mol. The summed E-state index contributed by atoms with van der Waals surface area (Å²) in [5, 5.41) is 17.2.